The third kappa shape index (κ3) is 2.49. The van der Waals surface area contributed by atoms with Gasteiger partial charge in [-0.2, -0.15) is 13.2 Å². The van der Waals surface area contributed by atoms with E-state index in [1.807, 2.05) is 0 Å². The van der Waals surface area contributed by atoms with Crippen LogP contribution in [0.2, 0.25) is 0 Å². The molecule has 0 heterocycles. The van der Waals surface area contributed by atoms with Crippen LogP contribution >= 0.6 is 22.6 Å². The number of alkyl halides is 4. The predicted octanol–water partition coefficient (Wildman–Crippen LogP) is 3.22. The van der Waals surface area contributed by atoms with Gasteiger partial charge in [-0.1, -0.05) is 28.7 Å². The molecule has 0 aromatic heterocycles. The van der Waals surface area contributed by atoms with Crippen LogP contribution in [0.3, 0.4) is 0 Å². The van der Waals surface area contributed by atoms with Gasteiger partial charge in [0.1, 0.15) is 0 Å². The highest BCUT2D eigenvalue weighted by Gasteiger charge is 2.30. The van der Waals surface area contributed by atoms with Crippen LogP contribution in [-0.2, 0) is 10.6 Å². The van der Waals surface area contributed by atoms with Gasteiger partial charge in [0, 0.05) is 10.1 Å². The van der Waals surface area contributed by atoms with Gasteiger partial charge in [-0.15, -0.1) is 0 Å². The second-order valence-corrected chi connectivity index (χ2v) is 3.31. The molecule has 0 fully saturated rings. The van der Waals surface area contributed by atoms with Crippen molar-refractivity contribution >= 4 is 28.3 Å². The lowest BCUT2D eigenvalue weighted by Gasteiger charge is -2.08. The summed E-state index contributed by atoms with van der Waals surface area (Å²) < 4.78 is 37.1. The molecule has 72 valence electrons. The van der Waals surface area contributed by atoms with Gasteiger partial charge < -0.3 is 5.73 Å². The first kappa shape index (κ1) is 10.6. The second kappa shape index (κ2) is 3.73. The van der Waals surface area contributed by atoms with Crippen LogP contribution in [0.25, 0.3) is 0 Å². The summed E-state index contributed by atoms with van der Waals surface area (Å²) in [5.74, 6) is 0. The maximum absolute atomic E-state index is 12.1. The summed E-state index contributed by atoms with van der Waals surface area (Å²) >= 11 is 2.05. The van der Waals surface area contributed by atoms with Gasteiger partial charge in [-0.25, -0.2) is 0 Å². The molecule has 1 rings (SSSR count). The molecule has 0 saturated heterocycles. The van der Waals surface area contributed by atoms with Gasteiger partial charge in [-0.05, 0) is 17.7 Å². The number of anilines is 1. The fraction of sp³-hybridized carbons (Fsp3) is 0.250. The van der Waals surface area contributed by atoms with Crippen molar-refractivity contribution in [2.75, 3.05) is 5.73 Å². The standard InChI is InChI=1S/C8H7F3IN/c9-8(10,11)6-2-1-5(4-12)7(13)3-6/h1-3H,4,13H2. The third-order valence-electron chi connectivity index (χ3n) is 1.62. The maximum Gasteiger partial charge on any atom is 0.416 e. The van der Waals surface area contributed by atoms with Gasteiger partial charge in [0.25, 0.3) is 0 Å². The Kier molecular flexibility index (Phi) is 3.05. The molecule has 0 radical (unpaired) electrons. The second-order valence-electron chi connectivity index (χ2n) is 2.54. The lowest BCUT2D eigenvalue weighted by Crippen LogP contribution is -2.06. The van der Waals surface area contributed by atoms with Crippen molar-refractivity contribution in [2.24, 2.45) is 0 Å². The van der Waals surface area contributed by atoms with Crippen LogP contribution in [-0.4, -0.2) is 0 Å². The van der Waals surface area contributed by atoms with Gasteiger partial charge in [-0.3, -0.25) is 0 Å². The van der Waals surface area contributed by atoms with E-state index in [9.17, 15) is 13.2 Å². The average molecular weight is 301 g/mol. The molecule has 5 heteroatoms. The maximum atomic E-state index is 12.1. The van der Waals surface area contributed by atoms with Crippen molar-refractivity contribution in [1.29, 1.82) is 0 Å². The van der Waals surface area contributed by atoms with E-state index in [0.29, 0.717) is 4.43 Å². The molecule has 0 aliphatic rings. The van der Waals surface area contributed by atoms with Crippen molar-refractivity contribution in [2.45, 2.75) is 10.6 Å². The molecule has 1 nitrogen and oxygen atoms in total. The van der Waals surface area contributed by atoms with Crippen molar-refractivity contribution in [3.8, 4) is 0 Å². The zero-order chi connectivity index (χ0) is 10.1. The van der Waals surface area contributed by atoms with E-state index in [2.05, 4.69) is 22.6 Å². The number of nitrogens with two attached hydrogens (primary N) is 1. The molecule has 0 spiro atoms. The van der Waals surface area contributed by atoms with Crippen molar-refractivity contribution in [3.05, 3.63) is 29.3 Å². The number of rotatable bonds is 1. The molecule has 0 saturated carbocycles. The molecule has 13 heavy (non-hydrogen) atoms. The molecule has 0 atom stereocenters. The van der Waals surface area contributed by atoms with Gasteiger partial charge >= 0.3 is 6.18 Å². The monoisotopic (exact) mass is 301 g/mol. The predicted molar refractivity (Wildman–Crippen MR) is 53.6 cm³/mol. The molecule has 1 aromatic carbocycles. The van der Waals surface area contributed by atoms with Crippen LogP contribution in [0.1, 0.15) is 11.1 Å². The van der Waals surface area contributed by atoms with Crippen molar-refractivity contribution < 1.29 is 13.2 Å². The van der Waals surface area contributed by atoms with E-state index in [1.165, 1.54) is 6.07 Å². The van der Waals surface area contributed by atoms with E-state index in [0.717, 1.165) is 17.7 Å². The van der Waals surface area contributed by atoms with E-state index in [-0.39, 0.29) is 5.69 Å². The quantitative estimate of drug-likeness (QED) is 0.481. The normalized spacial score (nSPS) is 11.7. The molecule has 0 unspecified atom stereocenters. The van der Waals surface area contributed by atoms with E-state index in [1.54, 1.807) is 0 Å². The molecular weight excluding hydrogens is 294 g/mol. The Morgan fingerprint density at radius 2 is 1.92 bits per heavy atom. The highest BCUT2D eigenvalue weighted by atomic mass is 127. The largest absolute Gasteiger partial charge is 0.416 e. The van der Waals surface area contributed by atoms with Gasteiger partial charge in [0.15, 0.2) is 0 Å². The summed E-state index contributed by atoms with van der Waals surface area (Å²) in [6.45, 7) is 0. The van der Waals surface area contributed by atoms with Crippen molar-refractivity contribution in [3.63, 3.8) is 0 Å². The van der Waals surface area contributed by atoms with Crippen LogP contribution in [0, 0.1) is 0 Å². The van der Waals surface area contributed by atoms with Gasteiger partial charge in [0.2, 0.25) is 0 Å². The summed E-state index contributed by atoms with van der Waals surface area (Å²) in [7, 11) is 0. The minimum Gasteiger partial charge on any atom is -0.398 e. The molecular formula is C8H7F3IN. The highest BCUT2D eigenvalue weighted by molar-refractivity contribution is 14.1. The van der Waals surface area contributed by atoms with E-state index in [4.69, 9.17) is 5.73 Å². The minimum absolute atomic E-state index is 0.198. The fourth-order valence-corrected chi connectivity index (χ4v) is 1.59. The number of nitrogen functional groups attached to an aromatic ring is 1. The van der Waals surface area contributed by atoms with Crippen molar-refractivity contribution in [1.82, 2.24) is 0 Å². The Hall–Kier alpha value is -0.460. The fourth-order valence-electron chi connectivity index (χ4n) is 0.893. The zero-order valence-corrected chi connectivity index (χ0v) is 8.69. The minimum atomic E-state index is -4.31. The van der Waals surface area contributed by atoms with E-state index < -0.39 is 11.7 Å². The molecule has 0 amide bonds. The highest BCUT2D eigenvalue weighted by Crippen LogP contribution is 2.31. The molecule has 2 N–H and O–H groups in total. The first-order valence-corrected chi connectivity index (χ1v) is 4.99. The molecule has 0 aliphatic heterocycles. The molecule has 0 aliphatic carbocycles. The van der Waals surface area contributed by atoms with Crippen LogP contribution < -0.4 is 5.73 Å². The Balaban J connectivity index is 3.10. The van der Waals surface area contributed by atoms with Gasteiger partial charge in [0.05, 0.1) is 5.56 Å². The zero-order valence-electron chi connectivity index (χ0n) is 6.53. The van der Waals surface area contributed by atoms with Crippen LogP contribution in [0.15, 0.2) is 18.2 Å². The summed E-state index contributed by atoms with van der Waals surface area (Å²) in [5.41, 5.74) is 5.66. The molecule has 1 aromatic rings. The van der Waals surface area contributed by atoms with Crippen LogP contribution in [0.4, 0.5) is 18.9 Å². The number of benzene rings is 1. The lowest BCUT2D eigenvalue weighted by atomic mass is 10.1. The Bertz CT molecular complexity index is 309. The Morgan fingerprint density at radius 3 is 2.31 bits per heavy atom. The Labute approximate surface area is 87.3 Å². The Morgan fingerprint density at radius 1 is 1.31 bits per heavy atom. The molecule has 0 bridgehead atoms. The van der Waals surface area contributed by atoms with E-state index >= 15 is 0 Å². The number of hydrogen-bond donors (Lipinski definition) is 1. The topological polar surface area (TPSA) is 26.0 Å². The summed E-state index contributed by atoms with van der Waals surface area (Å²) in [6.07, 6.45) is -4.31. The first-order chi connectivity index (χ1) is 5.95. The SMILES string of the molecule is Nc1cc(C(F)(F)F)ccc1CI. The summed E-state index contributed by atoms with van der Waals surface area (Å²) in [4.78, 5) is 0. The number of halogens is 4. The summed E-state index contributed by atoms with van der Waals surface area (Å²) in [5, 5.41) is 0. The first-order valence-electron chi connectivity index (χ1n) is 3.46. The summed E-state index contributed by atoms with van der Waals surface area (Å²) in [6, 6.07) is 3.42. The average Bonchev–Trinajstić information content (AvgIpc) is 2.02. The smallest absolute Gasteiger partial charge is 0.398 e. The number of hydrogen-bond acceptors (Lipinski definition) is 1. The third-order valence-corrected chi connectivity index (χ3v) is 2.44. The van der Waals surface area contributed by atoms with Crippen LogP contribution in [0.5, 0.6) is 0 Å². The lowest BCUT2D eigenvalue weighted by molar-refractivity contribution is -0.137.